The van der Waals surface area contributed by atoms with Crippen LogP contribution in [0.15, 0.2) is 71.5 Å². The van der Waals surface area contributed by atoms with E-state index >= 15 is 0 Å². The number of rotatable bonds is 4. The van der Waals surface area contributed by atoms with Gasteiger partial charge in [0.15, 0.2) is 5.78 Å². The zero-order valence-corrected chi connectivity index (χ0v) is 12.3. The molecule has 3 rings (SSSR count). The summed E-state index contributed by atoms with van der Waals surface area (Å²) in [6, 6.07) is 19.5. The molecule has 1 heterocycles. The summed E-state index contributed by atoms with van der Waals surface area (Å²) in [6.45, 7) is -0.292. The van der Waals surface area contributed by atoms with E-state index < -0.39 is 0 Å². The predicted octanol–water partition coefficient (Wildman–Crippen LogP) is 2.77. The maximum Gasteiger partial charge on any atom is 0.253 e. The van der Waals surface area contributed by atoms with E-state index in [4.69, 9.17) is 5.11 Å². The Hall–Kier alpha value is -2.98. The molecule has 0 bridgehead atoms. The monoisotopic (exact) mass is 305 g/mol. The van der Waals surface area contributed by atoms with Gasteiger partial charge in [0, 0.05) is 22.4 Å². The van der Waals surface area contributed by atoms with Crippen LogP contribution in [0.4, 0.5) is 0 Å². The second-order valence-electron chi connectivity index (χ2n) is 5.16. The second-order valence-corrected chi connectivity index (χ2v) is 5.16. The van der Waals surface area contributed by atoms with E-state index in [9.17, 15) is 9.59 Å². The van der Waals surface area contributed by atoms with Gasteiger partial charge in [-0.25, -0.2) is 0 Å². The third-order valence-electron chi connectivity index (χ3n) is 3.66. The third-order valence-corrected chi connectivity index (χ3v) is 3.66. The smallest absolute Gasteiger partial charge is 0.253 e. The van der Waals surface area contributed by atoms with Crippen LogP contribution in [0, 0.1) is 0 Å². The van der Waals surface area contributed by atoms with Crippen molar-refractivity contribution in [2.45, 2.75) is 6.61 Å². The number of aromatic amines is 1. The summed E-state index contributed by atoms with van der Waals surface area (Å²) in [4.78, 5) is 26.8. The fourth-order valence-corrected chi connectivity index (χ4v) is 2.35. The molecule has 0 amide bonds. The molecule has 0 aliphatic heterocycles. The van der Waals surface area contributed by atoms with Gasteiger partial charge in [-0.3, -0.25) is 9.59 Å². The van der Waals surface area contributed by atoms with Gasteiger partial charge in [0.1, 0.15) is 0 Å². The minimum Gasteiger partial charge on any atom is -0.391 e. The van der Waals surface area contributed by atoms with Gasteiger partial charge in [-0.05, 0) is 17.7 Å². The Labute approximate surface area is 133 Å². The average molecular weight is 305 g/mol. The Balaban J connectivity index is 1.89. The van der Waals surface area contributed by atoms with Crippen molar-refractivity contribution in [1.82, 2.24) is 4.98 Å². The first-order chi connectivity index (χ1) is 11.2. The van der Waals surface area contributed by atoms with Gasteiger partial charge >= 0.3 is 0 Å². The zero-order valence-electron chi connectivity index (χ0n) is 12.3. The van der Waals surface area contributed by atoms with E-state index in [0.29, 0.717) is 22.4 Å². The lowest BCUT2D eigenvalue weighted by molar-refractivity contribution is 0.103. The normalized spacial score (nSPS) is 10.5. The second kappa shape index (κ2) is 6.42. The van der Waals surface area contributed by atoms with Crippen LogP contribution >= 0.6 is 0 Å². The highest BCUT2D eigenvalue weighted by Crippen LogP contribution is 2.18. The van der Waals surface area contributed by atoms with Crippen molar-refractivity contribution in [2.24, 2.45) is 0 Å². The zero-order chi connectivity index (χ0) is 16.2. The van der Waals surface area contributed by atoms with Gasteiger partial charge in [-0.2, -0.15) is 0 Å². The number of nitrogens with one attached hydrogen (secondary N) is 1. The molecule has 0 saturated carbocycles. The lowest BCUT2D eigenvalue weighted by Crippen LogP contribution is -2.12. The molecule has 4 nitrogen and oxygen atoms in total. The van der Waals surface area contributed by atoms with Crippen LogP contribution in [0.2, 0.25) is 0 Å². The van der Waals surface area contributed by atoms with Crippen LogP contribution in [-0.4, -0.2) is 15.9 Å². The Morgan fingerprint density at radius 1 is 0.870 bits per heavy atom. The number of hydrogen-bond donors (Lipinski definition) is 2. The van der Waals surface area contributed by atoms with Crippen LogP contribution in [0.3, 0.4) is 0 Å². The molecule has 2 N–H and O–H groups in total. The van der Waals surface area contributed by atoms with Crippen LogP contribution < -0.4 is 5.56 Å². The summed E-state index contributed by atoms with van der Waals surface area (Å²) in [5.74, 6) is -0.0405. The van der Waals surface area contributed by atoms with Crippen molar-refractivity contribution in [3.8, 4) is 11.3 Å². The fraction of sp³-hybridized carbons (Fsp3) is 0.0526. The number of ketones is 1. The van der Waals surface area contributed by atoms with E-state index in [-0.39, 0.29) is 17.9 Å². The molecule has 0 saturated heterocycles. The van der Waals surface area contributed by atoms with Crippen LogP contribution in [-0.2, 0) is 6.61 Å². The van der Waals surface area contributed by atoms with Crippen LogP contribution in [0.5, 0.6) is 0 Å². The maximum absolute atomic E-state index is 12.3. The highest BCUT2D eigenvalue weighted by Gasteiger charge is 2.09. The first-order valence-corrected chi connectivity index (χ1v) is 7.22. The first-order valence-electron chi connectivity index (χ1n) is 7.22. The van der Waals surface area contributed by atoms with E-state index in [1.807, 2.05) is 18.2 Å². The maximum atomic E-state index is 12.3. The molecule has 114 valence electrons. The number of hydrogen-bond acceptors (Lipinski definition) is 3. The fourth-order valence-electron chi connectivity index (χ4n) is 2.35. The van der Waals surface area contributed by atoms with Crippen molar-refractivity contribution in [3.63, 3.8) is 0 Å². The summed E-state index contributed by atoms with van der Waals surface area (Å²) < 4.78 is 0. The molecule has 0 atom stereocenters. The lowest BCUT2D eigenvalue weighted by atomic mass is 10.0. The average Bonchev–Trinajstić information content (AvgIpc) is 2.62. The quantitative estimate of drug-likeness (QED) is 0.728. The van der Waals surface area contributed by atoms with Crippen molar-refractivity contribution in [2.75, 3.05) is 0 Å². The van der Waals surface area contributed by atoms with Gasteiger partial charge < -0.3 is 10.1 Å². The van der Waals surface area contributed by atoms with E-state index in [1.54, 1.807) is 48.5 Å². The number of H-pyrrole nitrogens is 1. The highest BCUT2D eigenvalue weighted by atomic mass is 16.3. The minimum atomic E-state index is -0.311. The molecule has 0 radical (unpaired) electrons. The lowest BCUT2D eigenvalue weighted by Gasteiger charge is -2.05. The largest absolute Gasteiger partial charge is 0.391 e. The number of benzene rings is 2. The summed E-state index contributed by atoms with van der Waals surface area (Å²) in [5.41, 5.74) is 2.69. The highest BCUT2D eigenvalue weighted by molar-refractivity contribution is 6.09. The van der Waals surface area contributed by atoms with Crippen molar-refractivity contribution >= 4 is 5.78 Å². The number of aliphatic hydroxyl groups excluding tert-OH is 1. The number of aromatic nitrogens is 1. The molecule has 0 fully saturated rings. The SMILES string of the molecule is O=C(c1ccccc1)c1ccc(-c2ccc(CO)c(=O)[nH]2)cc1. The number of pyridine rings is 1. The standard InChI is InChI=1S/C19H15NO3/c21-12-16-10-11-17(20-19(16)23)13-6-8-15(9-7-13)18(22)14-4-2-1-3-5-14/h1-11,21H,12H2,(H,20,23). The van der Waals surface area contributed by atoms with Crippen LogP contribution in [0.1, 0.15) is 21.5 Å². The van der Waals surface area contributed by atoms with Crippen molar-refractivity contribution in [1.29, 1.82) is 0 Å². The summed E-state index contributed by atoms with van der Waals surface area (Å²) in [5, 5.41) is 9.03. The van der Waals surface area contributed by atoms with Gasteiger partial charge in [-0.1, -0.05) is 54.6 Å². The molecule has 2 aromatic carbocycles. The van der Waals surface area contributed by atoms with Crippen LogP contribution in [0.25, 0.3) is 11.3 Å². The molecule has 23 heavy (non-hydrogen) atoms. The summed E-state index contributed by atoms with van der Waals surface area (Å²) in [6.07, 6.45) is 0. The molecular weight excluding hydrogens is 290 g/mol. The molecule has 0 spiro atoms. The first kappa shape index (κ1) is 14.9. The molecule has 0 aliphatic carbocycles. The number of carbonyl (C=O) groups excluding carboxylic acids is 1. The number of aliphatic hydroxyl groups is 1. The number of carbonyl (C=O) groups is 1. The van der Waals surface area contributed by atoms with E-state index in [2.05, 4.69) is 4.98 Å². The Morgan fingerprint density at radius 2 is 1.52 bits per heavy atom. The molecule has 4 heteroatoms. The molecule has 0 aliphatic rings. The van der Waals surface area contributed by atoms with E-state index in [1.165, 1.54) is 0 Å². The Morgan fingerprint density at radius 3 is 2.13 bits per heavy atom. The van der Waals surface area contributed by atoms with Gasteiger partial charge in [0.05, 0.1) is 6.61 Å². The van der Waals surface area contributed by atoms with Gasteiger partial charge in [0.25, 0.3) is 5.56 Å². The molecule has 1 aromatic heterocycles. The third kappa shape index (κ3) is 3.12. The van der Waals surface area contributed by atoms with Crippen molar-refractivity contribution in [3.05, 3.63) is 93.8 Å². The van der Waals surface area contributed by atoms with Crippen molar-refractivity contribution < 1.29 is 9.90 Å². The van der Waals surface area contributed by atoms with Gasteiger partial charge in [0.2, 0.25) is 0 Å². The van der Waals surface area contributed by atoms with E-state index in [0.717, 1.165) is 5.56 Å². The molecular formula is C19H15NO3. The van der Waals surface area contributed by atoms with Gasteiger partial charge in [-0.15, -0.1) is 0 Å². The predicted molar refractivity (Wildman–Crippen MR) is 88.3 cm³/mol. The minimum absolute atomic E-state index is 0.0405. The summed E-state index contributed by atoms with van der Waals surface area (Å²) in [7, 11) is 0. The Bertz CT molecular complexity index is 880. The molecule has 3 aromatic rings. The topological polar surface area (TPSA) is 70.2 Å². The molecule has 0 unspecified atom stereocenters. The summed E-state index contributed by atoms with van der Waals surface area (Å²) >= 11 is 0. The Kier molecular flexibility index (Phi) is 4.17.